The van der Waals surface area contributed by atoms with Gasteiger partial charge in [-0.3, -0.25) is 14.0 Å². The van der Waals surface area contributed by atoms with E-state index in [0.29, 0.717) is 43.3 Å². The van der Waals surface area contributed by atoms with Crippen LogP contribution in [0.1, 0.15) is 12.8 Å². The number of ether oxygens (including phenoxy) is 1. The number of piperidine rings is 1. The highest BCUT2D eigenvalue weighted by Gasteiger charge is 2.49. The maximum absolute atomic E-state index is 15.0. The van der Waals surface area contributed by atoms with Crippen molar-refractivity contribution in [3.63, 3.8) is 0 Å². The van der Waals surface area contributed by atoms with Crippen LogP contribution in [0.5, 0.6) is 0 Å². The van der Waals surface area contributed by atoms with Crippen molar-refractivity contribution in [1.82, 2.24) is 5.16 Å². The molecule has 32 heavy (non-hydrogen) atoms. The van der Waals surface area contributed by atoms with Gasteiger partial charge in [0.2, 0.25) is 0 Å². The van der Waals surface area contributed by atoms with E-state index in [4.69, 9.17) is 9.26 Å². The van der Waals surface area contributed by atoms with Crippen LogP contribution >= 0.6 is 10.6 Å². The predicted octanol–water partition coefficient (Wildman–Crippen LogP) is 3.74. The van der Waals surface area contributed by atoms with E-state index in [2.05, 4.69) is 10.5 Å². The summed E-state index contributed by atoms with van der Waals surface area (Å²) >= 11 is 0. The fraction of sp³-hybridized carbons (Fsp3) is 0.500. The fourth-order valence-corrected chi connectivity index (χ4v) is 7.26. The molecular formula is C20H24F2N4O5S. The Hall–Kier alpha value is -2.57. The number of cyclic esters (lactones) is 1. The van der Waals surface area contributed by atoms with Crippen molar-refractivity contribution in [2.45, 2.75) is 18.9 Å². The zero-order valence-electron chi connectivity index (χ0n) is 17.2. The van der Waals surface area contributed by atoms with Crippen LogP contribution in [0.4, 0.5) is 30.8 Å². The smallest absolute Gasteiger partial charge is 0.414 e. The minimum atomic E-state index is -2.46. The Morgan fingerprint density at radius 2 is 1.91 bits per heavy atom. The van der Waals surface area contributed by atoms with Gasteiger partial charge in [-0.15, -0.1) is 0 Å². The average Bonchev–Trinajstić information content (AvgIpc) is 3.35. The monoisotopic (exact) mass is 470 g/mol. The molecule has 1 unspecified atom stereocenters. The standard InChI is InChI=1S/C20H24F2N4O5S/c21-15-7-13(26-10-14(31-19(26)27)9-23-17-1-6-30-24-17)8-16(22)18(15)25-4-2-20(3-5-25)11-32(28,29)12-20/h1,6-8,14,28-29H,2-5,9-12H2,(H,23,24). The molecule has 174 valence electrons. The molecule has 5 rings (SSSR count). The molecule has 0 aliphatic carbocycles. The van der Waals surface area contributed by atoms with E-state index in [1.165, 1.54) is 11.2 Å². The van der Waals surface area contributed by atoms with Crippen LogP contribution in [0.15, 0.2) is 29.0 Å². The lowest BCUT2D eigenvalue weighted by molar-refractivity contribution is 0.147. The van der Waals surface area contributed by atoms with Crippen molar-refractivity contribution in [2.24, 2.45) is 5.41 Å². The van der Waals surface area contributed by atoms with Crippen molar-refractivity contribution < 1.29 is 31.9 Å². The van der Waals surface area contributed by atoms with Crippen molar-refractivity contribution >= 4 is 33.9 Å². The molecule has 1 aromatic heterocycles. The van der Waals surface area contributed by atoms with E-state index < -0.39 is 34.4 Å². The quantitative estimate of drug-likeness (QED) is 0.606. The van der Waals surface area contributed by atoms with Crippen molar-refractivity contribution in [1.29, 1.82) is 0 Å². The molecule has 1 atom stereocenters. The van der Waals surface area contributed by atoms with Gasteiger partial charge in [0.05, 0.1) is 18.8 Å². The Labute approximate surface area is 184 Å². The third-order valence-electron chi connectivity index (χ3n) is 6.35. The molecule has 1 spiro atoms. The van der Waals surface area contributed by atoms with Gasteiger partial charge in [0.15, 0.2) is 17.5 Å². The van der Waals surface area contributed by atoms with Crippen molar-refractivity contribution in [3.05, 3.63) is 36.1 Å². The van der Waals surface area contributed by atoms with Gasteiger partial charge in [-0.1, -0.05) is 5.16 Å². The molecule has 9 nitrogen and oxygen atoms in total. The van der Waals surface area contributed by atoms with E-state index in [-0.39, 0.29) is 29.9 Å². The molecule has 3 aliphatic heterocycles. The number of amides is 1. The summed E-state index contributed by atoms with van der Waals surface area (Å²) in [4.78, 5) is 15.1. The van der Waals surface area contributed by atoms with Crippen LogP contribution in [0.25, 0.3) is 0 Å². The third-order valence-corrected chi connectivity index (χ3v) is 8.50. The number of rotatable bonds is 5. The summed E-state index contributed by atoms with van der Waals surface area (Å²) in [5.74, 6) is -0.240. The van der Waals surface area contributed by atoms with E-state index in [1.54, 1.807) is 11.0 Å². The molecule has 3 aliphatic rings. The van der Waals surface area contributed by atoms with Crippen LogP contribution in [0.2, 0.25) is 0 Å². The topological polar surface area (TPSA) is 111 Å². The third kappa shape index (κ3) is 3.97. The number of halogens is 2. The van der Waals surface area contributed by atoms with Gasteiger partial charge in [-0.05, 0) is 12.8 Å². The summed E-state index contributed by atoms with van der Waals surface area (Å²) in [7, 11) is -2.46. The fourth-order valence-electron chi connectivity index (χ4n) is 4.80. The Morgan fingerprint density at radius 1 is 1.22 bits per heavy atom. The number of anilines is 3. The van der Waals surface area contributed by atoms with Gasteiger partial charge in [-0.25, -0.2) is 13.6 Å². The molecule has 4 heterocycles. The van der Waals surface area contributed by atoms with Gasteiger partial charge in [0, 0.05) is 48.2 Å². The molecule has 1 amide bonds. The van der Waals surface area contributed by atoms with Crippen molar-refractivity contribution in [3.8, 4) is 0 Å². The number of hydrogen-bond donors (Lipinski definition) is 3. The largest absolute Gasteiger partial charge is 0.442 e. The maximum atomic E-state index is 15.0. The zero-order valence-corrected chi connectivity index (χ0v) is 18.0. The van der Waals surface area contributed by atoms with Crippen LogP contribution in [0, 0.1) is 17.0 Å². The second kappa shape index (κ2) is 7.78. The average molecular weight is 470 g/mol. The second-order valence-corrected chi connectivity index (χ2v) is 10.9. The van der Waals surface area contributed by atoms with Gasteiger partial charge < -0.3 is 19.5 Å². The predicted molar refractivity (Wildman–Crippen MR) is 115 cm³/mol. The number of aromatic nitrogens is 1. The number of carbonyl (C=O) groups is 1. The van der Waals surface area contributed by atoms with Gasteiger partial charge in [0.25, 0.3) is 0 Å². The molecule has 3 fully saturated rings. The summed E-state index contributed by atoms with van der Waals surface area (Å²) in [5.41, 5.74) is -0.151. The molecule has 0 bridgehead atoms. The van der Waals surface area contributed by atoms with Crippen LogP contribution in [-0.4, -0.2) is 64.1 Å². The maximum Gasteiger partial charge on any atom is 0.414 e. The number of benzene rings is 1. The molecule has 3 saturated heterocycles. The summed E-state index contributed by atoms with van der Waals surface area (Å²) in [6.45, 7) is 1.28. The van der Waals surface area contributed by atoms with Crippen LogP contribution in [-0.2, 0) is 4.74 Å². The minimum Gasteiger partial charge on any atom is -0.442 e. The van der Waals surface area contributed by atoms with Gasteiger partial charge >= 0.3 is 6.09 Å². The highest BCUT2D eigenvalue weighted by molar-refractivity contribution is 8.25. The number of carbonyl (C=O) groups excluding carboxylic acids is 1. The molecular weight excluding hydrogens is 446 g/mol. The Morgan fingerprint density at radius 3 is 2.50 bits per heavy atom. The number of nitrogens with one attached hydrogen (secondary N) is 1. The first-order valence-electron chi connectivity index (χ1n) is 10.3. The summed E-state index contributed by atoms with van der Waals surface area (Å²) in [6, 6.07) is 3.92. The molecule has 1 aromatic carbocycles. The molecule has 12 heteroatoms. The van der Waals surface area contributed by atoms with E-state index in [0.717, 1.165) is 12.1 Å². The first-order chi connectivity index (χ1) is 15.2. The van der Waals surface area contributed by atoms with E-state index in [1.807, 2.05) is 0 Å². The van der Waals surface area contributed by atoms with Crippen LogP contribution < -0.4 is 15.1 Å². The van der Waals surface area contributed by atoms with Gasteiger partial charge in [0.1, 0.15) is 18.1 Å². The second-order valence-electron chi connectivity index (χ2n) is 8.72. The lowest BCUT2D eigenvalue weighted by Crippen LogP contribution is -2.52. The summed E-state index contributed by atoms with van der Waals surface area (Å²) < 4.78 is 59.3. The number of hydrogen-bond acceptors (Lipinski definition) is 8. The lowest BCUT2D eigenvalue weighted by Gasteiger charge is -2.58. The Bertz CT molecular complexity index is 980. The Balaban J connectivity index is 1.24. The molecule has 0 saturated carbocycles. The Kier molecular flexibility index (Phi) is 5.18. The van der Waals surface area contributed by atoms with Gasteiger partial charge in [-0.2, -0.15) is 10.6 Å². The molecule has 0 radical (unpaired) electrons. The van der Waals surface area contributed by atoms with E-state index in [9.17, 15) is 22.7 Å². The highest BCUT2D eigenvalue weighted by atomic mass is 32.3. The molecule has 2 aromatic rings. The zero-order chi connectivity index (χ0) is 22.5. The van der Waals surface area contributed by atoms with E-state index >= 15 is 0 Å². The lowest BCUT2D eigenvalue weighted by atomic mass is 9.81. The first kappa shape index (κ1) is 21.3. The highest BCUT2D eigenvalue weighted by Crippen LogP contribution is 2.62. The minimum absolute atomic E-state index is 0.0964. The first-order valence-corrected chi connectivity index (χ1v) is 12.2. The van der Waals surface area contributed by atoms with Crippen LogP contribution in [0.3, 0.4) is 0 Å². The SMILES string of the molecule is O=C1OC(CNc2ccon2)CN1c1cc(F)c(N2CCC3(CC2)CS(O)(O)C3)c(F)c1. The van der Waals surface area contributed by atoms with Crippen molar-refractivity contribution in [2.75, 3.05) is 52.8 Å². The number of nitrogens with zero attached hydrogens (tertiary/aromatic N) is 3. The normalized spacial score (nSPS) is 24.9. The molecule has 3 N–H and O–H groups in total. The summed E-state index contributed by atoms with van der Waals surface area (Å²) in [6.07, 6.45) is 1.53. The summed E-state index contributed by atoms with van der Waals surface area (Å²) in [5, 5.41) is 6.67.